The van der Waals surface area contributed by atoms with E-state index in [9.17, 15) is 4.79 Å². The number of thiophene rings is 1. The van der Waals surface area contributed by atoms with E-state index in [1.165, 1.54) is 0 Å². The highest BCUT2D eigenvalue weighted by atomic mass is 32.1. The fraction of sp³-hybridized carbons (Fsp3) is 0.286. The first-order chi connectivity index (χ1) is 5.20. The average Bonchev–Trinajstić information content (AvgIpc) is 2.39. The van der Waals surface area contributed by atoms with Crippen molar-refractivity contribution in [2.24, 2.45) is 5.73 Å². The molecule has 4 heteroatoms. The molecule has 1 unspecified atom stereocenters. The summed E-state index contributed by atoms with van der Waals surface area (Å²) in [4.78, 5) is 10.6. The summed E-state index contributed by atoms with van der Waals surface area (Å²) >= 11 is 1.58. The topological polar surface area (TPSA) is 55.1 Å². The molecule has 0 radical (unpaired) electrons. The minimum atomic E-state index is -0.337. The highest BCUT2D eigenvalue weighted by molar-refractivity contribution is 7.08. The predicted molar refractivity (Wildman–Crippen MR) is 46.6 cm³/mol. The lowest BCUT2D eigenvalue weighted by Gasteiger charge is -2.08. The molecular weight excluding hydrogens is 160 g/mol. The maximum Gasteiger partial charge on any atom is 0.239 e. The number of anilines is 1. The Hall–Kier alpha value is -1.03. The van der Waals surface area contributed by atoms with E-state index in [-0.39, 0.29) is 11.9 Å². The zero-order chi connectivity index (χ0) is 8.27. The number of hydrogen-bond donors (Lipinski definition) is 2. The van der Waals surface area contributed by atoms with E-state index in [0.29, 0.717) is 0 Å². The smallest absolute Gasteiger partial charge is 0.239 e. The highest BCUT2D eigenvalue weighted by Gasteiger charge is 2.06. The summed E-state index contributed by atoms with van der Waals surface area (Å²) in [6, 6.07) is 1.61. The lowest BCUT2D eigenvalue weighted by molar-refractivity contribution is -0.118. The molecule has 60 valence electrons. The third-order valence-electron chi connectivity index (χ3n) is 1.33. The van der Waals surface area contributed by atoms with E-state index in [1.807, 2.05) is 16.8 Å². The molecule has 1 heterocycles. The van der Waals surface area contributed by atoms with Crippen molar-refractivity contribution in [3.8, 4) is 0 Å². The Morgan fingerprint density at radius 3 is 3.00 bits per heavy atom. The van der Waals surface area contributed by atoms with Crippen LogP contribution >= 0.6 is 11.3 Å². The molecule has 3 N–H and O–H groups in total. The van der Waals surface area contributed by atoms with Crippen LogP contribution in [0.4, 0.5) is 5.69 Å². The van der Waals surface area contributed by atoms with E-state index in [1.54, 1.807) is 18.3 Å². The van der Waals surface area contributed by atoms with Crippen LogP contribution in [0.15, 0.2) is 16.8 Å². The molecule has 3 nitrogen and oxygen atoms in total. The van der Waals surface area contributed by atoms with Crippen molar-refractivity contribution >= 4 is 22.9 Å². The Bertz CT molecular complexity index is 233. The third kappa shape index (κ3) is 2.23. The van der Waals surface area contributed by atoms with E-state index >= 15 is 0 Å². The molecule has 1 amide bonds. The summed E-state index contributed by atoms with van der Waals surface area (Å²) in [7, 11) is 0. The van der Waals surface area contributed by atoms with Gasteiger partial charge in [-0.1, -0.05) is 0 Å². The van der Waals surface area contributed by atoms with Gasteiger partial charge in [0.15, 0.2) is 0 Å². The summed E-state index contributed by atoms with van der Waals surface area (Å²) < 4.78 is 0. The standard InChI is InChI=1S/C7H10N2OS/c1-5(7(8)10)9-6-2-3-11-4-6/h2-5,9H,1H3,(H2,8,10). The SMILES string of the molecule is CC(Nc1ccsc1)C(N)=O. The van der Waals surface area contributed by atoms with E-state index in [4.69, 9.17) is 5.73 Å². The van der Waals surface area contributed by atoms with Gasteiger partial charge in [0.1, 0.15) is 6.04 Å². The Labute approximate surface area is 69.2 Å². The second kappa shape index (κ2) is 3.39. The monoisotopic (exact) mass is 170 g/mol. The maximum atomic E-state index is 10.6. The van der Waals surface area contributed by atoms with Crippen LogP contribution in [-0.4, -0.2) is 11.9 Å². The molecule has 11 heavy (non-hydrogen) atoms. The van der Waals surface area contributed by atoms with Gasteiger partial charge in [0, 0.05) is 11.1 Å². The molecule has 0 aromatic carbocycles. The number of nitrogens with one attached hydrogen (secondary N) is 1. The third-order valence-corrected chi connectivity index (χ3v) is 2.01. The number of nitrogens with two attached hydrogens (primary N) is 1. The second-order valence-electron chi connectivity index (χ2n) is 2.28. The van der Waals surface area contributed by atoms with Crippen LogP contribution in [0.1, 0.15) is 6.92 Å². The summed E-state index contributed by atoms with van der Waals surface area (Å²) in [5, 5.41) is 6.83. The molecule has 1 rings (SSSR count). The van der Waals surface area contributed by atoms with Gasteiger partial charge < -0.3 is 11.1 Å². The van der Waals surface area contributed by atoms with Gasteiger partial charge in [-0.3, -0.25) is 4.79 Å². The summed E-state index contributed by atoms with van der Waals surface area (Å²) in [6.07, 6.45) is 0. The first-order valence-electron chi connectivity index (χ1n) is 3.28. The van der Waals surface area contributed by atoms with Gasteiger partial charge in [-0.2, -0.15) is 11.3 Å². The van der Waals surface area contributed by atoms with E-state index in [2.05, 4.69) is 5.32 Å². The van der Waals surface area contributed by atoms with Crippen LogP contribution in [0.5, 0.6) is 0 Å². The Balaban J connectivity index is 2.50. The van der Waals surface area contributed by atoms with Crippen molar-refractivity contribution in [3.05, 3.63) is 16.8 Å². The molecule has 1 aromatic rings. The summed E-state index contributed by atoms with van der Waals surface area (Å²) in [6.45, 7) is 1.74. The zero-order valence-corrected chi connectivity index (χ0v) is 7.02. The van der Waals surface area contributed by atoms with Gasteiger partial charge in [-0.05, 0) is 18.4 Å². The Morgan fingerprint density at radius 2 is 2.55 bits per heavy atom. The zero-order valence-electron chi connectivity index (χ0n) is 6.20. The van der Waals surface area contributed by atoms with E-state index in [0.717, 1.165) is 5.69 Å². The Morgan fingerprint density at radius 1 is 1.82 bits per heavy atom. The molecule has 0 saturated heterocycles. The summed E-state index contributed by atoms with van der Waals surface area (Å²) in [5.41, 5.74) is 6.00. The molecule has 0 aliphatic carbocycles. The number of rotatable bonds is 3. The first-order valence-corrected chi connectivity index (χ1v) is 4.22. The van der Waals surface area contributed by atoms with Crippen molar-refractivity contribution in [1.29, 1.82) is 0 Å². The molecule has 1 aromatic heterocycles. The predicted octanol–water partition coefficient (Wildman–Crippen LogP) is 1.03. The van der Waals surface area contributed by atoms with Crippen molar-refractivity contribution in [3.63, 3.8) is 0 Å². The first kappa shape index (κ1) is 8.07. The van der Waals surface area contributed by atoms with Crippen molar-refractivity contribution in [1.82, 2.24) is 0 Å². The maximum absolute atomic E-state index is 10.6. The minimum Gasteiger partial charge on any atom is -0.373 e. The normalized spacial score (nSPS) is 12.5. The largest absolute Gasteiger partial charge is 0.373 e. The quantitative estimate of drug-likeness (QED) is 0.712. The van der Waals surface area contributed by atoms with Crippen LogP contribution in [0, 0.1) is 0 Å². The van der Waals surface area contributed by atoms with Gasteiger partial charge in [-0.15, -0.1) is 0 Å². The number of carbonyl (C=O) groups is 1. The van der Waals surface area contributed by atoms with Crippen LogP contribution in [0.25, 0.3) is 0 Å². The molecule has 0 bridgehead atoms. The molecule has 0 aliphatic rings. The highest BCUT2D eigenvalue weighted by Crippen LogP contribution is 2.12. The van der Waals surface area contributed by atoms with Crippen molar-refractivity contribution < 1.29 is 4.79 Å². The van der Waals surface area contributed by atoms with Crippen molar-refractivity contribution in [2.45, 2.75) is 13.0 Å². The van der Waals surface area contributed by atoms with Crippen LogP contribution in [0.2, 0.25) is 0 Å². The minimum absolute atomic E-state index is 0.301. The van der Waals surface area contributed by atoms with E-state index < -0.39 is 0 Å². The van der Waals surface area contributed by atoms with Gasteiger partial charge in [-0.25, -0.2) is 0 Å². The number of hydrogen-bond acceptors (Lipinski definition) is 3. The fourth-order valence-corrected chi connectivity index (χ4v) is 1.26. The Kier molecular flexibility index (Phi) is 2.48. The molecule has 0 aliphatic heterocycles. The molecule has 0 fully saturated rings. The number of primary amides is 1. The number of amides is 1. The van der Waals surface area contributed by atoms with Gasteiger partial charge >= 0.3 is 0 Å². The molecular formula is C7H10N2OS. The van der Waals surface area contributed by atoms with Gasteiger partial charge in [0.2, 0.25) is 5.91 Å². The van der Waals surface area contributed by atoms with Crippen molar-refractivity contribution in [2.75, 3.05) is 5.32 Å². The molecule has 0 spiro atoms. The van der Waals surface area contributed by atoms with Gasteiger partial charge in [0.05, 0.1) is 0 Å². The second-order valence-corrected chi connectivity index (χ2v) is 3.06. The van der Waals surface area contributed by atoms with Crippen LogP contribution in [-0.2, 0) is 4.79 Å². The van der Waals surface area contributed by atoms with Crippen LogP contribution in [0.3, 0.4) is 0 Å². The lowest BCUT2D eigenvalue weighted by Crippen LogP contribution is -2.32. The molecule has 1 atom stereocenters. The molecule has 0 saturated carbocycles. The average molecular weight is 170 g/mol. The number of carbonyl (C=O) groups excluding carboxylic acids is 1. The lowest BCUT2D eigenvalue weighted by atomic mass is 10.3. The summed E-state index contributed by atoms with van der Waals surface area (Å²) in [5.74, 6) is -0.337. The van der Waals surface area contributed by atoms with Gasteiger partial charge in [0.25, 0.3) is 0 Å². The fourth-order valence-electron chi connectivity index (χ4n) is 0.668. The van der Waals surface area contributed by atoms with Crippen LogP contribution < -0.4 is 11.1 Å².